The minimum atomic E-state index is 0.474. The van der Waals surface area contributed by atoms with Crippen LogP contribution in [0.1, 0.15) is 37.7 Å². The summed E-state index contributed by atoms with van der Waals surface area (Å²) in [7, 11) is 0. The molecular weight excluding hydrogens is 390 g/mol. The molecule has 1 fully saturated rings. The zero-order valence-corrected chi connectivity index (χ0v) is 18.0. The summed E-state index contributed by atoms with van der Waals surface area (Å²) >= 11 is 6.57. The molecule has 3 nitrogen and oxygen atoms in total. The van der Waals surface area contributed by atoms with Gasteiger partial charge >= 0.3 is 0 Å². The molecule has 2 aromatic heterocycles. The second-order valence-corrected chi connectivity index (χ2v) is 8.64. The Hall–Kier alpha value is -2.78. The molecule has 5 rings (SSSR count). The van der Waals surface area contributed by atoms with Crippen molar-refractivity contribution in [1.29, 1.82) is 0 Å². The first-order valence-corrected chi connectivity index (χ1v) is 11.2. The molecule has 1 N–H and O–H groups in total. The van der Waals surface area contributed by atoms with Gasteiger partial charge in [-0.25, -0.2) is 4.98 Å². The lowest BCUT2D eigenvalue weighted by molar-refractivity contribution is 0.462. The Morgan fingerprint density at radius 1 is 0.900 bits per heavy atom. The molecule has 0 amide bonds. The van der Waals surface area contributed by atoms with Gasteiger partial charge in [-0.2, -0.15) is 0 Å². The Labute approximate surface area is 182 Å². The molecule has 0 saturated heterocycles. The topological polar surface area (TPSA) is 29.3 Å². The number of rotatable bonds is 4. The number of fused-ring (bicyclic) bond motifs is 1. The lowest BCUT2D eigenvalue weighted by Crippen LogP contribution is -2.23. The van der Waals surface area contributed by atoms with Crippen LogP contribution in [0.5, 0.6) is 0 Å². The van der Waals surface area contributed by atoms with Crippen LogP contribution in [0.15, 0.2) is 66.9 Å². The minimum absolute atomic E-state index is 0.474. The molecule has 1 saturated carbocycles. The molecule has 0 spiro atoms. The number of aromatic nitrogens is 2. The summed E-state index contributed by atoms with van der Waals surface area (Å²) in [5.74, 6) is 1.04. The first-order valence-electron chi connectivity index (χ1n) is 10.8. The van der Waals surface area contributed by atoms with Gasteiger partial charge in [-0.15, -0.1) is 0 Å². The van der Waals surface area contributed by atoms with Gasteiger partial charge in [-0.3, -0.25) is 4.40 Å². The molecule has 0 radical (unpaired) electrons. The van der Waals surface area contributed by atoms with E-state index in [1.165, 1.54) is 48.8 Å². The smallest absolute Gasteiger partial charge is 0.139 e. The van der Waals surface area contributed by atoms with E-state index in [-0.39, 0.29) is 0 Å². The third kappa shape index (κ3) is 3.59. The van der Waals surface area contributed by atoms with Crippen LogP contribution in [-0.2, 0) is 0 Å². The van der Waals surface area contributed by atoms with E-state index < -0.39 is 0 Å². The third-order valence-electron chi connectivity index (χ3n) is 6.15. The maximum atomic E-state index is 6.57. The fraction of sp³-hybridized carbons (Fsp3) is 0.269. The maximum Gasteiger partial charge on any atom is 0.139 e. The molecule has 4 heteroatoms. The highest BCUT2D eigenvalue weighted by atomic mass is 35.5. The third-order valence-corrected chi connectivity index (χ3v) is 6.48. The summed E-state index contributed by atoms with van der Waals surface area (Å²) in [6.07, 6.45) is 8.50. The Bertz CT molecular complexity index is 1190. The molecule has 4 aromatic rings. The van der Waals surface area contributed by atoms with Gasteiger partial charge < -0.3 is 5.32 Å². The first kappa shape index (κ1) is 19.2. The van der Waals surface area contributed by atoms with Crippen LogP contribution >= 0.6 is 11.6 Å². The van der Waals surface area contributed by atoms with Gasteiger partial charge in [0.25, 0.3) is 0 Å². The largest absolute Gasteiger partial charge is 0.367 e. The number of pyridine rings is 1. The Kier molecular flexibility index (Phi) is 5.22. The van der Waals surface area contributed by atoms with Crippen LogP contribution in [0.4, 0.5) is 5.82 Å². The summed E-state index contributed by atoms with van der Waals surface area (Å²) < 4.78 is 2.20. The molecular formula is C26H26ClN3. The highest BCUT2D eigenvalue weighted by molar-refractivity contribution is 6.33. The number of imidazole rings is 1. The number of nitrogens with one attached hydrogen (secondary N) is 1. The minimum Gasteiger partial charge on any atom is -0.367 e. The number of aryl methyl sites for hydroxylation is 1. The van der Waals surface area contributed by atoms with Gasteiger partial charge in [0.15, 0.2) is 0 Å². The monoisotopic (exact) mass is 415 g/mol. The zero-order valence-electron chi connectivity index (χ0n) is 17.2. The second-order valence-electron chi connectivity index (χ2n) is 8.23. The summed E-state index contributed by atoms with van der Waals surface area (Å²) in [6, 6.07) is 21.2. The zero-order chi connectivity index (χ0) is 20.5. The van der Waals surface area contributed by atoms with Gasteiger partial charge in [0, 0.05) is 17.8 Å². The van der Waals surface area contributed by atoms with E-state index in [1.807, 2.05) is 18.2 Å². The fourth-order valence-corrected chi connectivity index (χ4v) is 4.75. The van der Waals surface area contributed by atoms with Crippen molar-refractivity contribution in [2.24, 2.45) is 0 Å². The van der Waals surface area contributed by atoms with E-state index >= 15 is 0 Å². The van der Waals surface area contributed by atoms with Crippen molar-refractivity contribution >= 4 is 23.1 Å². The lowest BCUT2D eigenvalue weighted by atomic mass is 9.95. The van der Waals surface area contributed by atoms with E-state index in [1.54, 1.807) is 0 Å². The van der Waals surface area contributed by atoms with Crippen LogP contribution in [-0.4, -0.2) is 15.4 Å². The molecule has 2 heterocycles. The molecule has 0 unspecified atom stereocenters. The van der Waals surface area contributed by atoms with Gasteiger partial charge in [0.05, 0.1) is 5.02 Å². The van der Waals surface area contributed by atoms with Crippen LogP contribution in [0.2, 0.25) is 5.02 Å². The molecule has 1 aliphatic rings. The highest BCUT2D eigenvalue weighted by Crippen LogP contribution is 2.36. The predicted molar refractivity (Wildman–Crippen MR) is 126 cm³/mol. The lowest BCUT2D eigenvalue weighted by Gasteiger charge is -2.24. The standard InChI is InChI=1S/C26H26ClN3/c1-18-9-5-6-12-21(18)19-15-16-24-29-25(22-13-7-8-14-23(22)27)26(30(24)17-19)28-20-10-3-2-4-11-20/h5-9,12-17,20,28H,2-4,10-11H2,1H3. The Morgan fingerprint density at radius 2 is 1.63 bits per heavy atom. The Morgan fingerprint density at radius 3 is 2.40 bits per heavy atom. The molecule has 152 valence electrons. The average molecular weight is 416 g/mol. The SMILES string of the molecule is Cc1ccccc1-c1ccc2nc(-c3ccccc3Cl)c(NC3CCCCC3)n2c1. The summed E-state index contributed by atoms with van der Waals surface area (Å²) in [4.78, 5) is 4.98. The van der Waals surface area contributed by atoms with E-state index in [4.69, 9.17) is 16.6 Å². The molecule has 0 atom stereocenters. The number of hydrogen-bond donors (Lipinski definition) is 1. The van der Waals surface area contributed by atoms with Crippen LogP contribution in [0.25, 0.3) is 28.0 Å². The average Bonchev–Trinajstić information content (AvgIpc) is 3.12. The van der Waals surface area contributed by atoms with Gasteiger partial charge in [-0.1, -0.05) is 73.3 Å². The predicted octanol–water partition coefficient (Wildman–Crippen LogP) is 7.37. The van der Waals surface area contributed by atoms with Crippen molar-refractivity contribution < 1.29 is 0 Å². The quantitative estimate of drug-likeness (QED) is 0.376. The molecule has 30 heavy (non-hydrogen) atoms. The number of anilines is 1. The van der Waals surface area contributed by atoms with Crippen molar-refractivity contribution in [1.82, 2.24) is 9.38 Å². The van der Waals surface area contributed by atoms with Gasteiger partial charge in [0.2, 0.25) is 0 Å². The fourth-order valence-electron chi connectivity index (χ4n) is 4.52. The van der Waals surface area contributed by atoms with E-state index in [9.17, 15) is 0 Å². The van der Waals surface area contributed by atoms with Crippen molar-refractivity contribution in [2.45, 2.75) is 45.1 Å². The van der Waals surface area contributed by atoms with Crippen molar-refractivity contribution in [2.75, 3.05) is 5.32 Å². The van der Waals surface area contributed by atoms with E-state index in [0.717, 1.165) is 27.7 Å². The number of hydrogen-bond acceptors (Lipinski definition) is 2. The summed E-state index contributed by atoms with van der Waals surface area (Å²) in [5.41, 5.74) is 6.53. The summed E-state index contributed by atoms with van der Waals surface area (Å²) in [5, 5.41) is 4.56. The van der Waals surface area contributed by atoms with Crippen LogP contribution < -0.4 is 5.32 Å². The van der Waals surface area contributed by atoms with Crippen molar-refractivity contribution in [3.63, 3.8) is 0 Å². The van der Waals surface area contributed by atoms with Crippen LogP contribution in [0, 0.1) is 6.92 Å². The summed E-state index contributed by atoms with van der Waals surface area (Å²) in [6.45, 7) is 2.16. The van der Waals surface area contributed by atoms with E-state index in [0.29, 0.717) is 6.04 Å². The Balaban J connectivity index is 1.68. The maximum absolute atomic E-state index is 6.57. The highest BCUT2D eigenvalue weighted by Gasteiger charge is 2.21. The first-order chi connectivity index (χ1) is 14.7. The molecule has 0 aliphatic heterocycles. The molecule has 0 bridgehead atoms. The van der Waals surface area contributed by atoms with Crippen LogP contribution in [0.3, 0.4) is 0 Å². The second kappa shape index (κ2) is 8.16. The number of nitrogens with zero attached hydrogens (tertiary/aromatic N) is 2. The van der Waals surface area contributed by atoms with Crippen molar-refractivity contribution in [3.8, 4) is 22.4 Å². The number of benzene rings is 2. The van der Waals surface area contributed by atoms with Crippen molar-refractivity contribution in [3.05, 3.63) is 77.4 Å². The normalized spacial score (nSPS) is 14.9. The molecule has 1 aliphatic carbocycles. The van der Waals surface area contributed by atoms with Gasteiger partial charge in [-0.05, 0) is 54.7 Å². The van der Waals surface area contributed by atoms with Gasteiger partial charge in [0.1, 0.15) is 17.2 Å². The molecule has 2 aromatic carbocycles. The van der Waals surface area contributed by atoms with E-state index in [2.05, 4.69) is 65.3 Å². The number of halogens is 1.